The fourth-order valence-electron chi connectivity index (χ4n) is 8.44. The Kier molecular flexibility index (Phi) is 12.8. The first-order valence-electron chi connectivity index (χ1n) is 20.8. The molecule has 3 aromatic rings. The molecular weight excluding hydrogens is 810 g/mol. The zero-order valence-electron chi connectivity index (χ0n) is 35.0. The fraction of sp³-hybridized carbons (Fsp3) is 0.581. The molecule has 1 saturated heterocycles. The lowest BCUT2D eigenvalue weighted by Gasteiger charge is -2.30. The maximum atomic E-state index is 14.6. The predicted molar refractivity (Wildman–Crippen MR) is 229 cm³/mol. The van der Waals surface area contributed by atoms with Gasteiger partial charge in [-0.2, -0.15) is 0 Å². The number of likely N-dealkylation sites (N-methyl/N-ethyl adjacent to an activating group) is 1. The molecule has 60 heavy (non-hydrogen) atoms. The third-order valence-corrected chi connectivity index (χ3v) is 12.9. The summed E-state index contributed by atoms with van der Waals surface area (Å²) in [4.78, 5) is 67.6. The number of amides is 3. The number of pyridine rings is 1. The second-order valence-electron chi connectivity index (χ2n) is 17.6. The van der Waals surface area contributed by atoms with Gasteiger partial charge in [-0.25, -0.2) is 19.6 Å². The third-order valence-electron chi connectivity index (χ3n) is 11.8. The summed E-state index contributed by atoms with van der Waals surface area (Å²) in [6.07, 6.45) is 3.25. The molecule has 1 aliphatic heterocycles. The van der Waals surface area contributed by atoms with Gasteiger partial charge < -0.3 is 45.1 Å². The van der Waals surface area contributed by atoms with Crippen molar-refractivity contribution in [2.24, 2.45) is 23.7 Å². The number of aliphatic carboxylic acids is 1. The Balaban J connectivity index is 1.20. The van der Waals surface area contributed by atoms with Gasteiger partial charge in [0.2, 0.25) is 11.8 Å². The molecule has 1 aromatic carbocycles. The summed E-state index contributed by atoms with van der Waals surface area (Å²) in [5.74, 6) is -0.707. The number of hydrogen-bond donors (Lipinski definition) is 4. The summed E-state index contributed by atoms with van der Waals surface area (Å²) >= 11 is 8.45. The Labute approximate surface area is 359 Å². The number of carboxylic acids is 1. The van der Waals surface area contributed by atoms with E-state index in [9.17, 15) is 24.3 Å². The number of nitrogens with zero attached hydrogens (tertiary/aromatic N) is 4. The maximum Gasteiger partial charge on any atom is 0.408 e. The number of halogens is 1. The molecule has 17 heteroatoms. The Hall–Kier alpha value is -4.67. The number of alkyl carbamates (subject to hydrolysis) is 1. The number of carbonyl (C=O) groups is 4. The van der Waals surface area contributed by atoms with Crippen LogP contribution >= 0.6 is 22.9 Å². The van der Waals surface area contributed by atoms with E-state index in [-0.39, 0.29) is 43.9 Å². The standard InChI is InChI=1S/C43H56ClN7O8S/c1-8-26-19-43(26,40(54)55)49-38(52)33-17-28(20-51(33)39(53)31(13-22(2)3)48-42(56)59-27-15-24-14-25(24)16-27)58-35-18-30(32-21-60-41(47-32)45-23(4)5)46-37-29(35)9-10-34(36(37)44)57-12-11-50(6)7/h8-10,18,21-28,31,33H,1,11-17,19-20H2,2-7H3,(H,45,47)(H,48,56)(H,49,52)(H,54,55)/t24-,25?,26+,27?,28?,31-,33-,43?/m0/s1. The third kappa shape index (κ3) is 9.60. The molecule has 4 N–H and O–H groups in total. The molecule has 0 radical (unpaired) electrons. The van der Waals surface area contributed by atoms with E-state index in [0.29, 0.717) is 63.8 Å². The van der Waals surface area contributed by atoms with E-state index < -0.39 is 53.5 Å². The molecule has 4 aliphatic rings. The molecule has 8 atom stereocenters. The Morgan fingerprint density at radius 3 is 2.47 bits per heavy atom. The van der Waals surface area contributed by atoms with E-state index in [1.54, 1.807) is 12.1 Å². The predicted octanol–water partition coefficient (Wildman–Crippen LogP) is 6.21. The number of likely N-dealkylation sites (tertiary alicyclic amines) is 1. The van der Waals surface area contributed by atoms with Crippen LogP contribution in [0.5, 0.6) is 11.5 Å². The van der Waals surface area contributed by atoms with Gasteiger partial charge in [0.15, 0.2) is 5.13 Å². The van der Waals surface area contributed by atoms with Crippen LogP contribution in [0.3, 0.4) is 0 Å². The molecule has 3 aliphatic carbocycles. The zero-order chi connectivity index (χ0) is 43.0. The smallest absolute Gasteiger partial charge is 0.408 e. The molecule has 0 spiro atoms. The molecular formula is C43H56ClN7O8S. The second kappa shape index (κ2) is 17.7. The number of hydrogen-bond acceptors (Lipinski definition) is 12. The van der Waals surface area contributed by atoms with Gasteiger partial charge in [0.05, 0.1) is 17.8 Å². The van der Waals surface area contributed by atoms with E-state index in [4.69, 9.17) is 35.8 Å². The van der Waals surface area contributed by atoms with Gasteiger partial charge in [0, 0.05) is 41.8 Å². The molecule has 15 nitrogen and oxygen atoms in total. The molecule has 4 fully saturated rings. The van der Waals surface area contributed by atoms with E-state index in [1.165, 1.54) is 28.7 Å². The van der Waals surface area contributed by atoms with Crippen molar-refractivity contribution >= 4 is 62.8 Å². The molecule has 3 heterocycles. The number of ether oxygens (including phenoxy) is 3. The number of thiazole rings is 1. The largest absolute Gasteiger partial charge is 0.491 e. The highest BCUT2D eigenvalue weighted by Gasteiger charge is 2.61. The van der Waals surface area contributed by atoms with E-state index in [0.717, 1.165) is 18.0 Å². The van der Waals surface area contributed by atoms with Gasteiger partial charge in [0.25, 0.3) is 0 Å². The molecule has 2 aromatic heterocycles. The van der Waals surface area contributed by atoms with Crippen LogP contribution in [0.15, 0.2) is 36.2 Å². The highest BCUT2D eigenvalue weighted by atomic mass is 35.5. The van der Waals surface area contributed by atoms with Gasteiger partial charge >= 0.3 is 12.1 Å². The van der Waals surface area contributed by atoms with Gasteiger partial charge in [-0.1, -0.05) is 31.5 Å². The van der Waals surface area contributed by atoms with Crippen molar-refractivity contribution in [2.45, 2.75) is 102 Å². The van der Waals surface area contributed by atoms with Gasteiger partial charge in [-0.15, -0.1) is 17.9 Å². The SMILES string of the molecule is C=C[C@@H]1CC1(NC(=O)[C@@H]1CC(Oc2cc(-c3csc(NC(C)C)n3)nc3c(Cl)c(OCCN(C)C)ccc23)CN1C(=O)[C@H](CC(C)C)NC(=O)OC1CC2C[C@H]2C1)C(=O)O. The van der Waals surface area contributed by atoms with Crippen molar-refractivity contribution < 1.29 is 38.5 Å². The van der Waals surface area contributed by atoms with Crippen LogP contribution < -0.4 is 25.4 Å². The number of anilines is 1. The number of carboxylic acid groups (broad SMARTS) is 1. The molecule has 3 amide bonds. The Morgan fingerprint density at radius 1 is 1.07 bits per heavy atom. The fourth-order valence-corrected chi connectivity index (χ4v) is 9.55. The van der Waals surface area contributed by atoms with Crippen LogP contribution in [0.2, 0.25) is 5.02 Å². The first kappa shape index (κ1) is 43.4. The lowest BCUT2D eigenvalue weighted by atomic mass is 10.0. The molecule has 4 unspecified atom stereocenters. The van der Waals surface area contributed by atoms with E-state index in [1.807, 2.05) is 58.1 Å². The molecule has 0 bridgehead atoms. The molecule has 7 rings (SSSR count). The summed E-state index contributed by atoms with van der Waals surface area (Å²) < 4.78 is 18.6. The monoisotopic (exact) mass is 865 g/mol. The van der Waals surface area contributed by atoms with Crippen LogP contribution in [0.25, 0.3) is 22.3 Å². The van der Waals surface area contributed by atoms with Crippen LogP contribution in [-0.4, -0.2) is 118 Å². The first-order valence-corrected chi connectivity index (χ1v) is 22.1. The normalized spacial score (nSPS) is 25.9. The van der Waals surface area contributed by atoms with Crippen LogP contribution in [-0.2, 0) is 19.1 Å². The number of benzene rings is 1. The number of rotatable bonds is 18. The summed E-state index contributed by atoms with van der Waals surface area (Å²) in [6, 6.07) is 3.38. The number of aromatic nitrogens is 2. The van der Waals surface area contributed by atoms with E-state index >= 15 is 0 Å². The summed E-state index contributed by atoms with van der Waals surface area (Å²) in [5, 5.41) is 22.5. The van der Waals surface area contributed by atoms with Crippen molar-refractivity contribution in [3.8, 4) is 22.9 Å². The topological polar surface area (TPSA) is 185 Å². The Morgan fingerprint density at radius 2 is 1.82 bits per heavy atom. The maximum absolute atomic E-state index is 14.6. The minimum Gasteiger partial charge on any atom is -0.491 e. The van der Waals surface area contributed by atoms with Crippen molar-refractivity contribution in [1.29, 1.82) is 0 Å². The minimum absolute atomic E-state index is 0.000434. The van der Waals surface area contributed by atoms with Gasteiger partial charge in [-0.3, -0.25) is 9.59 Å². The molecule has 3 saturated carbocycles. The van der Waals surface area contributed by atoms with E-state index in [2.05, 4.69) is 22.5 Å². The Bertz CT molecular complexity index is 2120. The second-order valence-corrected chi connectivity index (χ2v) is 18.9. The number of carbonyl (C=O) groups excluding carboxylic acids is 3. The van der Waals surface area contributed by atoms with Crippen molar-refractivity contribution in [2.75, 3.05) is 39.1 Å². The quantitative estimate of drug-likeness (QED) is 0.106. The zero-order valence-corrected chi connectivity index (χ0v) is 36.6. The van der Waals surface area contributed by atoms with Crippen molar-refractivity contribution in [3.63, 3.8) is 0 Å². The van der Waals surface area contributed by atoms with Crippen molar-refractivity contribution in [3.05, 3.63) is 41.3 Å². The first-order chi connectivity index (χ1) is 28.5. The van der Waals surface area contributed by atoms with Gasteiger partial charge in [-0.05, 0) is 89.9 Å². The minimum atomic E-state index is -1.52. The summed E-state index contributed by atoms with van der Waals surface area (Å²) in [6.45, 7) is 12.7. The lowest BCUT2D eigenvalue weighted by Crippen LogP contribution is -2.56. The number of fused-ring (bicyclic) bond motifs is 2. The average Bonchev–Trinajstić information content (AvgIpc) is 3.85. The highest BCUT2D eigenvalue weighted by Crippen LogP contribution is 2.52. The summed E-state index contributed by atoms with van der Waals surface area (Å²) in [5.41, 5.74) is -0.0195. The van der Waals surface area contributed by atoms with Crippen LogP contribution in [0.1, 0.15) is 66.2 Å². The van der Waals surface area contributed by atoms with Crippen LogP contribution in [0.4, 0.5) is 9.93 Å². The van der Waals surface area contributed by atoms with Crippen molar-refractivity contribution in [1.82, 2.24) is 30.4 Å². The number of nitrogens with one attached hydrogen (secondary N) is 3. The summed E-state index contributed by atoms with van der Waals surface area (Å²) in [7, 11) is 3.90. The van der Waals surface area contributed by atoms with Crippen LogP contribution in [0, 0.1) is 23.7 Å². The highest BCUT2D eigenvalue weighted by molar-refractivity contribution is 7.14. The van der Waals surface area contributed by atoms with Gasteiger partial charge in [0.1, 0.15) is 58.7 Å². The lowest BCUT2D eigenvalue weighted by molar-refractivity contribution is -0.145. The molecule has 324 valence electrons. The average molecular weight is 866 g/mol.